The molecule has 0 aliphatic heterocycles. The molecule has 136 valence electrons. The smallest absolute Gasteiger partial charge is 0.224 e. The lowest BCUT2D eigenvalue weighted by molar-refractivity contribution is 0.398. The number of hydrogen-bond acceptors (Lipinski definition) is 4. The molecule has 0 aromatic heterocycles. The zero-order chi connectivity index (χ0) is 19.0. The van der Waals surface area contributed by atoms with Crippen LogP contribution in [0.2, 0.25) is 10.0 Å². The highest BCUT2D eigenvalue weighted by atomic mass is 35.5. The van der Waals surface area contributed by atoms with E-state index in [2.05, 4.69) is 0 Å². The van der Waals surface area contributed by atoms with Gasteiger partial charge in [0.05, 0.1) is 9.79 Å². The van der Waals surface area contributed by atoms with Crippen LogP contribution in [0.1, 0.15) is 18.5 Å². The molecule has 25 heavy (non-hydrogen) atoms. The van der Waals surface area contributed by atoms with Crippen LogP contribution in [0.4, 0.5) is 0 Å². The fourth-order valence-corrected chi connectivity index (χ4v) is 4.96. The van der Waals surface area contributed by atoms with Crippen molar-refractivity contribution in [3.05, 3.63) is 58.1 Å². The molecule has 2 aromatic carbocycles. The second-order valence-corrected chi connectivity index (χ2v) is 10.5. The van der Waals surface area contributed by atoms with Crippen LogP contribution < -0.4 is 0 Å². The van der Waals surface area contributed by atoms with E-state index in [-0.39, 0.29) is 19.8 Å². The van der Waals surface area contributed by atoms with Crippen LogP contribution in [-0.4, -0.2) is 34.4 Å². The average Bonchev–Trinajstić information content (AvgIpc) is 2.51. The van der Waals surface area contributed by atoms with Gasteiger partial charge >= 0.3 is 0 Å². The van der Waals surface area contributed by atoms with Crippen molar-refractivity contribution in [3.8, 4) is 0 Å². The first-order valence-corrected chi connectivity index (χ1v) is 11.3. The van der Waals surface area contributed by atoms with Gasteiger partial charge in [-0.2, -0.15) is 4.31 Å². The van der Waals surface area contributed by atoms with Gasteiger partial charge < -0.3 is 0 Å². The van der Waals surface area contributed by atoms with Crippen LogP contribution in [0.25, 0.3) is 0 Å². The van der Waals surface area contributed by atoms with E-state index >= 15 is 0 Å². The molecular weight excluding hydrogens is 405 g/mol. The molecule has 0 spiro atoms. The lowest BCUT2D eigenvalue weighted by Crippen LogP contribution is -2.29. The molecule has 5 nitrogen and oxygen atoms in total. The number of rotatable bonds is 5. The van der Waals surface area contributed by atoms with Gasteiger partial charge in [-0.3, -0.25) is 0 Å². The van der Waals surface area contributed by atoms with Crippen molar-refractivity contribution in [2.24, 2.45) is 0 Å². The maximum absolute atomic E-state index is 12.8. The van der Waals surface area contributed by atoms with Crippen LogP contribution >= 0.6 is 23.2 Å². The van der Waals surface area contributed by atoms with Gasteiger partial charge in [0.25, 0.3) is 0 Å². The van der Waals surface area contributed by atoms with Gasteiger partial charge in [-0.1, -0.05) is 35.3 Å². The van der Waals surface area contributed by atoms with Gasteiger partial charge in [0.2, 0.25) is 10.0 Å². The highest BCUT2D eigenvalue weighted by Crippen LogP contribution is 2.29. The Morgan fingerprint density at radius 2 is 1.36 bits per heavy atom. The Morgan fingerprint density at radius 3 is 1.80 bits per heavy atom. The maximum Gasteiger partial charge on any atom is 0.243 e. The van der Waals surface area contributed by atoms with Crippen molar-refractivity contribution in [3.63, 3.8) is 0 Å². The number of halogens is 2. The minimum Gasteiger partial charge on any atom is -0.224 e. The first kappa shape index (κ1) is 20.2. The van der Waals surface area contributed by atoms with E-state index in [1.165, 1.54) is 41.7 Å². The molecule has 0 radical (unpaired) electrons. The molecule has 0 aliphatic carbocycles. The Balaban J connectivity index is 2.36. The van der Waals surface area contributed by atoms with Crippen LogP contribution in [-0.2, 0) is 19.9 Å². The molecule has 0 N–H and O–H groups in total. The van der Waals surface area contributed by atoms with Crippen LogP contribution in [0.15, 0.2) is 52.3 Å². The lowest BCUT2D eigenvalue weighted by Gasteiger charge is -2.25. The summed E-state index contributed by atoms with van der Waals surface area (Å²) in [4.78, 5) is 0.169. The van der Waals surface area contributed by atoms with Crippen molar-refractivity contribution < 1.29 is 16.8 Å². The molecule has 1 unspecified atom stereocenters. The Bertz CT molecular complexity index is 967. The summed E-state index contributed by atoms with van der Waals surface area (Å²) in [6.07, 6.45) is 1.12. The van der Waals surface area contributed by atoms with E-state index in [1.54, 1.807) is 19.1 Å². The van der Waals surface area contributed by atoms with E-state index in [0.717, 1.165) is 6.26 Å². The second kappa shape index (κ2) is 7.25. The van der Waals surface area contributed by atoms with Crippen LogP contribution in [0.3, 0.4) is 0 Å². The fourth-order valence-electron chi connectivity index (χ4n) is 2.26. The van der Waals surface area contributed by atoms with E-state index in [0.29, 0.717) is 5.56 Å². The molecule has 1 atom stereocenters. The van der Waals surface area contributed by atoms with Crippen molar-refractivity contribution in [2.75, 3.05) is 13.3 Å². The minimum absolute atomic E-state index is 0.00731. The Kier molecular flexibility index (Phi) is 5.85. The summed E-state index contributed by atoms with van der Waals surface area (Å²) in [5.41, 5.74) is 0.659. The van der Waals surface area contributed by atoms with Gasteiger partial charge in [-0.05, 0) is 42.8 Å². The number of sulfonamides is 1. The van der Waals surface area contributed by atoms with Crippen LogP contribution in [0.5, 0.6) is 0 Å². The predicted molar refractivity (Wildman–Crippen MR) is 99.4 cm³/mol. The summed E-state index contributed by atoms with van der Waals surface area (Å²) in [5, 5.41) is 0.453. The zero-order valence-electron chi connectivity index (χ0n) is 13.8. The highest BCUT2D eigenvalue weighted by Gasteiger charge is 2.27. The molecule has 0 amide bonds. The average molecular weight is 422 g/mol. The summed E-state index contributed by atoms with van der Waals surface area (Å²) in [6, 6.07) is 9.70. The maximum atomic E-state index is 12.8. The fraction of sp³-hybridized carbons (Fsp3) is 0.250. The largest absolute Gasteiger partial charge is 0.243 e. The highest BCUT2D eigenvalue weighted by molar-refractivity contribution is 7.90. The molecule has 0 aliphatic rings. The van der Waals surface area contributed by atoms with Crippen molar-refractivity contribution in [2.45, 2.75) is 22.8 Å². The van der Waals surface area contributed by atoms with Gasteiger partial charge in [0.15, 0.2) is 9.84 Å². The summed E-state index contributed by atoms with van der Waals surface area (Å²) in [7, 11) is -5.69. The standard InChI is InChI=1S/C16H17Cl2NO4S2/c1-11(12-4-6-15(7-5-12)24(3,20)21)19(2)25(22,23)16-9-13(17)8-14(18)10-16/h4-11H,1-3H3. The molecule has 2 aromatic rings. The van der Waals surface area contributed by atoms with E-state index in [4.69, 9.17) is 23.2 Å². The summed E-state index contributed by atoms with van der Waals surface area (Å²) in [5.74, 6) is 0. The zero-order valence-corrected chi connectivity index (χ0v) is 16.9. The molecule has 0 heterocycles. The molecule has 9 heteroatoms. The van der Waals surface area contributed by atoms with Gasteiger partial charge in [0.1, 0.15) is 0 Å². The van der Waals surface area contributed by atoms with Crippen molar-refractivity contribution in [1.82, 2.24) is 4.31 Å². The van der Waals surface area contributed by atoms with E-state index < -0.39 is 25.9 Å². The minimum atomic E-state index is -3.82. The molecule has 2 rings (SSSR count). The molecule has 0 saturated carbocycles. The Labute approximate surface area is 158 Å². The predicted octanol–water partition coefficient (Wildman–Crippen LogP) is 3.78. The molecular formula is C16H17Cl2NO4S2. The Morgan fingerprint density at radius 1 is 0.880 bits per heavy atom. The molecule has 0 saturated heterocycles. The summed E-state index contributed by atoms with van der Waals surface area (Å²) in [6.45, 7) is 1.71. The van der Waals surface area contributed by atoms with E-state index in [1.807, 2.05) is 0 Å². The third kappa shape index (κ3) is 4.54. The monoisotopic (exact) mass is 421 g/mol. The van der Waals surface area contributed by atoms with E-state index in [9.17, 15) is 16.8 Å². The second-order valence-electron chi connectivity index (χ2n) is 5.64. The number of sulfone groups is 1. The molecule has 0 bridgehead atoms. The van der Waals surface area contributed by atoms with Gasteiger partial charge in [-0.25, -0.2) is 16.8 Å². The third-order valence-corrected chi connectivity index (χ3v) is 7.32. The SMILES string of the molecule is CC(c1ccc(S(C)(=O)=O)cc1)N(C)S(=O)(=O)c1cc(Cl)cc(Cl)c1. The van der Waals surface area contributed by atoms with Gasteiger partial charge in [0, 0.05) is 29.4 Å². The number of benzene rings is 2. The third-order valence-electron chi connectivity index (χ3n) is 3.85. The summed E-state index contributed by atoms with van der Waals surface area (Å²) >= 11 is 11.8. The first-order chi connectivity index (χ1) is 11.4. The lowest BCUT2D eigenvalue weighted by atomic mass is 10.1. The summed E-state index contributed by atoms with van der Waals surface area (Å²) < 4.78 is 49.8. The molecule has 0 fully saturated rings. The first-order valence-electron chi connectivity index (χ1n) is 7.17. The van der Waals surface area contributed by atoms with Crippen molar-refractivity contribution >= 4 is 43.1 Å². The normalized spacial score (nSPS) is 13.8. The Hall–Kier alpha value is -1.12. The quantitative estimate of drug-likeness (QED) is 0.735. The van der Waals surface area contributed by atoms with Crippen LogP contribution in [0, 0.1) is 0 Å². The number of nitrogens with zero attached hydrogens (tertiary/aromatic N) is 1. The van der Waals surface area contributed by atoms with Crippen molar-refractivity contribution in [1.29, 1.82) is 0 Å². The van der Waals surface area contributed by atoms with Gasteiger partial charge in [-0.15, -0.1) is 0 Å². The topological polar surface area (TPSA) is 71.5 Å². The number of hydrogen-bond donors (Lipinski definition) is 0.